The molecule has 0 bridgehead atoms. The summed E-state index contributed by atoms with van der Waals surface area (Å²) in [5, 5.41) is 21.5. The third kappa shape index (κ3) is 15.9. The molecule has 136 heavy (non-hydrogen) atoms. The topological polar surface area (TPSA) is 83.3 Å². The molecule has 25 rings (SSSR count). The Hall–Kier alpha value is -14.8. The van der Waals surface area contributed by atoms with Gasteiger partial charge >= 0.3 is 0 Å². The van der Waals surface area contributed by atoms with Crippen LogP contribution in [0.15, 0.2) is 400 Å². The number of nitrogens with zero attached hydrogens (tertiary/aromatic N) is 3. The van der Waals surface area contributed by atoms with E-state index < -0.39 is 0 Å². The van der Waals surface area contributed by atoms with Crippen molar-refractivity contribution < 1.29 is 37.8 Å². The minimum absolute atomic E-state index is 0. The number of fused-ring (bicyclic) bond motifs is 18. The summed E-state index contributed by atoms with van der Waals surface area (Å²) >= 11 is 1.90. The van der Waals surface area contributed by atoms with Crippen molar-refractivity contribution in [3.63, 3.8) is 0 Å². The molecule has 0 fully saturated rings. The molecule has 9 heteroatoms. The second-order valence-corrected chi connectivity index (χ2v) is 39.1. The Labute approximate surface area is 810 Å². The molecule has 0 unspecified atom stereocenters. The van der Waals surface area contributed by atoms with Crippen LogP contribution >= 0.6 is 11.3 Å². The van der Waals surface area contributed by atoms with E-state index in [0.29, 0.717) is 0 Å². The van der Waals surface area contributed by atoms with Crippen LogP contribution in [-0.4, -0.2) is 14.8 Å². The van der Waals surface area contributed by atoms with Crippen LogP contribution in [0.4, 0.5) is 0 Å². The van der Waals surface area contributed by atoms with Crippen LogP contribution in [0.25, 0.3) is 203 Å². The van der Waals surface area contributed by atoms with Crippen LogP contribution < -0.4 is 0 Å². The fourth-order valence-electron chi connectivity index (χ4n) is 20.7. The van der Waals surface area contributed by atoms with E-state index in [1.165, 1.54) is 137 Å². The molecule has 0 saturated heterocycles. The largest absolute Gasteiger partial charge is 0.456 e. The Morgan fingerprint density at radius 2 is 0.750 bits per heavy atom. The molecular weight excluding hydrogens is 1860 g/mol. The zero-order valence-electron chi connectivity index (χ0n) is 78.2. The van der Waals surface area contributed by atoms with Crippen molar-refractivity contribution in [2.75, 3.05) is 0 Å². The number of aryl methyl sites for hydroxylation is 2. The summed E-state index contributed by atoms with van der Waals surface area (Å²) in [6.45, 7) is 24.7. The minimum Gasteiger partial charge on any atom is -0.456 e. The molecule has 24 aromatic rings. The number of rotatable bonds is 13. The van der Waals surface area contributed by atoms with Crippen LogP contribution in [-0.2, 0) is 36.4 Å². The second kappa shape index (κ2) is 35.9. The van der Waals surface area contributed by atoms with Crippen LogP contribution in [0.3, 0.4) is 0 Å². The van der Waals surface area contributed by atoms with Gasteiger partial charge in [0, 0.05) is 99.9 Å². The molecule has 0 N–H and O–H groups in total. The van der Waals surface area contributed by atoms with Crippen molar-refractivity contribution in [2.45, 2.75) is 112 Å². The maximum atomic E-state index is 6.03. The van der Waals surface area contributed by atoms with Crippen LogP contribution in [0.5, 0.6) is 0 Å². The van der Waals surface area contributed by atoms with Gasteiger partial charge < -0.3 is 22.2 Å². The van der Waals surface area contributed by atoms with Crippen molar-refractivity contribution in [3.8, 4) is 95.0 Å². The van der Waals surface area contributed by atoms with E-state index in [9.17, 15) is 0 Å². The van der Waals surface area contributed by atoms with Gasteiger partial charge in [-0.3, -0.25) is 0 Å². The molecule has 0 amide bonds. The molecule has 6 aromatic heterocycles. The van der Waals surface area contributed by atoms with Gasteiger partial charge in [-0.25, -0.2) is 0 Å². The van der Waals surface area contributed by atoms with E-state index >= 15 is 0 Å². The standard InChI is InChI=1S/C33H40N3.C32H22S.2C31H20O2.Ir/c1-9-10-20-33(7,8)31-35-34-30(36(31)29-19-14-23(2)21-24(29)3)27-13-11-12-26(22-27)25-15-17-28(18-16-25)32(4,5)6;1-32(28-17-5-2-12-24(28)25-13-3-6-18-29(25)32)22-11-8-10-21(20-22)23-15-9-16-27-26-14-4-7-19-30(26)33-31(23)27;2*1-19-22(20-13-15-30-26(17-20)24-7-2-4-11-28(24)32-30)9-6-10-23(19)21-14-16-31-27(18-21)25-8-3-5-12-29(25)33-31;/h11-12,14-19,21-22H,9-10,20H2,1-8H3;2-20H,1H3;2*2-18H,1H3;/q-1;;;;. The number of unbranched alkanes of at least 4 members (excludes halogenated alkanes) is 1. The summed E-state index contributed by atoms with van der Waals surface area (Å²) in [4.78, 5) is 0. The normalized spacial score (nSPS) is 12.3. The minimum atomic E-state index is -0.169. The van der Waals surface area contributed by atoms with Gasteiger partial charge in [-0.2, -0.15) is 5.10 Å². The molecule has 665 valence electrons. The van der Waals surface area contributed by atoms with Gasteiger partial charge in [0.1, 0.15) is 50.5 Å². The van der Waals surface area contributed by atoms with Gasteiger partial charge in [0.05, 0.1) is 5.82 Å². The number of thiophene rings is 1. The zero-order chi connectivity index (χ0) is 92.0. The third-order valence-corrected chi connectivity index (χ3v) is 29.2. The predicted molar refractivity (Wildman–Crippen MR) is 567 cm³/mol. The third-order valence-electron chi connectivity index (χ3n) is 27.9. The van der Waals surface area contributed by atoms with Gasteiger partial charge in [0.2, 0.25) is 0 Å². The number of furan rings is 4. The van der Waals surface area contributed by atoms with E-state index in [1.807, 2.05) is 65.9 Å². The average Bonchev–Trinajstić information content (AvgIpc) is 1.56. The monoisotopic (exact) mass is 1960 g/mol. The fourth-order valence-corrected chi connectivity index (χ4v) is 21.9. The first-order valence-corrected chi connectivity index (χ1v) is 47.8. The summed E-state index contributed by atoms with van der Waals surface area (Å²) in [7, 11) is 0. The molecule has 0 saturated carbocycles. The van der Waals surface area contributed by atoms with Crippen molar-refractivity contribution in [3.05, 3.63) is 439 Å². The van der Waals surface area contributed by atoms with Crippen molar-refractivity contribution in [1.82, 2.24) is 14.8 Å². The number of benzene rings is 18. The summed E-state index contributed by atoms with van der Waals surface area (Å²) in [6, 6.07) is 140. The maximum Gasteiger partial charge on any atom is 0.135 e. The quantitative estimate of drug-likeness (QED) is 0.107. The Balaban J connectivity index is 0.000000108. The molecule has 7 nitrogen and oxygen atoms in total. The summed E-state index contributed by atoms with van der Waals surface area (Å²) in [6.07, 6.45) is 3.39. The van der Waals surface area contributed by atoms with Crippen LogP contribution in [0, 0.1) is 33.8 Å². The number of para-hydroxylation sites is 4. The number of hydrogen-bond donors (Lipinski definition) is 0. The van der Waals surface area contributed by atoms with E-state index in [4.69, 9.17) is 27.9 Å². The average molecular weight is 1960 g/mol. The summed E-state index contributed by atoms with van der Waals surface area (Å²) in [5.74, 6) is 1.85. The van der Waals surface area contributed by atoms with Crippen LogP contribution in [0.1, 0.15) is 118 Å². The number of aromatic nitrogens is 3. The molecule has 1 radical (unpaired) electrons. The number of hydrogen-bond acceptors (Lipinski definition) is 7. The Bertz CT molecular complexity index is 8130. The van der Waals surface area contributed by atoms with Gasteiger partial charge in [-0.15, -0.1) is 51.8 Å². The van der Waals surface area contributed by atoms with Gasteiger partial charge in [-0.1, -0.05) is 333 Å². The maximum absolute atomic E-state index is 6.03. The van der Waals surface area contributed by atoms with Gasteiger partial charge in [0.25, 0.3) is 0 Å². The predicted octanol–water partition coefficient (Wildman–Crippen LogP) is 36.1. The zero-order valence-corrected chi connectivity index (χ0v) is 81.4. The molecule has 6 heterocycles. The SMILES string of the molecule is CC1(c2cccc(-c3cccc4c3sc3ccccc34)c2)c2ccccc2-c2ccccc21.CCCCC(C)(C)c1nnc(-c2[c-]ccc(-c3ccc(C(C)(C)C)cc3)c2)n1-c1ccc(C)cc1C.Cc1c(-c2ccc3oc4ccccc4c3c2)cccc1-c1ccc2oc3ccccc3c2c1.Cc1c(-c2ccc3oc4ccccc4c3c2)cccc1-c1ccc2oc3ccccc3c2c1.[Ir]. The summed E-state index contributed by atoms with van der Waals surface area (Å²) < 4.78 is 29.1. The Kier molecular flexibility index (Phi) is 23.1. The first kappa shape index (κ1) is 87.8. The molecular formula is C127H102IrN3O4S-. The van der Waals surface area contributed by atoms with E-state index in [1.54, 1.807) is 0 Å². The van der Waals surface area contributed by atoms with E-state index in [2.05, 4.69) is 414 Å². The van der Waals surface area contributed by atoms with E-state index in [0.717, 1.165) is 135 Å². The molecule has 1 aliphatic rings. The molecule has 0 atom stereocenters. The van der Waals surface area contributed by atoms with E-state index in [-0.39, 0.29) is 36.4 Å². The van der Waals surface area contributed by atoms with Gasteiger partial charge in [-0.05, 0) is 249 Å². The van der Waals surface area contributed by atoms with Crippen molar-refractivity contribution in [2.24, 2.45) is 0 Å². The first-order valence-electron chi connectivity index (χ1n) is 47.0. The second-order valence-electron chi connectivity index (χ2n) is 38.0. The fraction of sp³-hybridized carbons (Fsp3) is 0.134. The molecule has 18 aromatic carbocycles. The Morgan fingerprint density at radius 3 is 1.23 bits per heavy atom. The first-order chi connectivity index (χ1) is 65.8. The van der Waals surface area contributed by atoms with Crippen molar-refractivity contribution in [1.29, 1.82) is 0 Å². The molecule has 1 aliphatic carbocycles. The van der Waals surface area contributed by atoms with Crippen LogP contribution in [0.2, 0.25) is 0 Å². The smallest absolute Gasteiger partial charge is 0.135 e. The molecule has 0 aliphatic heterocycles. The Morgan fingerprint density at radius 1 is 0.346 bits per heavy atom. The van der Waals surface area contributed by atoms with Crippen molar-refractivity contribution >= 4 is 119 Å². The summed E-state index contributed by atoms with van der Waals surface area (Å²) in [5.41, 5.74) is 37.2. The molecule has 0 spiro atoms. The van der Waals surface area contributed by atoms with Gasteiger partial charge in [0.15, 0.2) is 0 Å².